The van der Waals surface area contributed by atoms with Gasteiger partial charge in [0.2, 0.25) is 5.88 Å². The number of aryl methyl sites for hydroxylation is 1. The Morgan fingerprint density at radius 3 is 2.69 bits per heavy atom. The monoisotopic (exact) mass is 447 g/mol. The lowest BCUT2D eigenvalue weighted by Crippen LogP contribution is -2.16. The molecule has 0 radical (unpaired) electrons. The van der Waals surface area contributed by atoms with Crippen LogP contribution in [-0.2, 0) is 4.74 Å². The highest BCUT2D eigenvalue weighted by molar-refractivity contribution is 9.10. The molecule has 0 saturated carbocycles. The van der Waals surface area contributed by atoms with Gasteiger partial charge in [0, 0.05) is 21.1 Å². The summed E-state index contributed by atoms with van der Waals surface area (Å²) in [7, 11) is 0. The minimum Gasteiger partial charge on any atom is -0.483 e. The van der Waals surface area contributed by atoms with Gasteiger partial charge in [-0.2, -0.15) is 10.3 Å². The molecule has 0 spiro atoms. The molecule has 0 bridgehead atoms. The van der Waals surface area contributed by atoms with Crippen LogP contribution in [0.2, 0.25) is 0 Å². The quantitative estimate of drug-likeness (QED) is 0.383. The molecule has 4 rings (SSSR count). The smallest absolute Gasteiger partial charge is 0.236 e. The van der Waals surface area contributed by atoms with Gasteiger partial charge in [-0.3, -0.25) is 0 Å². The van der Waals surface area contributed by atoms with E-state index in [-0.39, 0.29) is 11.8 Å². The van der Waals surface area contributed by atoms with Gasteiger partial charge in [0.1, 0.15) is 17.2 Å². The van der Waals surface area contributed by atoms with Crippen molar-refractivity contribution in [1.29, 1.82) is 5.26 Å². The molecule has 0 fully saturated rings. The first-order chi connectivity index (χ1) is 14.1. The van der Waals surface area contributed by atoms with Crippen molar-refractivity contribution in [1.82, 2.24) is 4.98 Å². The number of ether oxygens (including phenoxy) is 2. The van der Waals surface area contributed by atoms with Gasteiger partial charge >= 0.3 is 0 Å². The molecule has 6 heteroatoms. The number of hydrogen-bond donors (Lipinski definition) is 0. The SMILES string of the molecule is CCO/C=N/C1=C(C#N)C(c2ccc(Br)cc2)c2ccc3ccc(C)nc3c2O1. The topological polar surface area (TPSA) is 67.5 Å². The summed E-state index contributed by atoms with van der Waals surface area (Å²) in [6.07, 6.45) is 1.32. The molecule has 1 unspecified atom stereocenters. The summed E-state index contributed by atoms with van der Waals surface area (Å²) in [4.78, 5) is 8.99. The average molecular weight is 448 g/mol. The molecule has 1 atom stereocenters. The van der Waals surface area contributed by atoms with E-state index in [1.54, 1.807) is 0 Å². The van der Waals surface area contributed by atoms with Gasteiger partial charge in [0.15, 0.2) is 12.2 Å². The van der Waals surface area contributed by atoms with Crippen molar-refractivity contribution in [2.75, 3.05) is 6.61 Å². The summed E-state index contributed by atoms with van der Waals surface area (Å²) in [5.74, 6) is 0.552. The van der Waals surface area contributed by atoms with Crippen LogP contribution in [0.15, 0.2) is 69.5 Å². The Morgan fingerprint density at radius 2 is 1.97 bits per heavy atom. The van der Waals surface area contributed by atoms with Crippen molar-refractivity contribution in [2.45, 2.75) is 19.8 Å². The third-order valence-electron chi connectivity index (χ3n) is 4.75. The predicted molar refractivity (Wildman–Crippen MR) is 116 cm³/mol. The maximum absolute atomic E-state index is 9.96. The van der Waals surface area contributed by atoms with Gasteiger partial charge in [-0.15, -0.1) is 0 Å². The number of nitriles is 1. The zero-order valence-electron chi connectivity index (χ0n) is 16.0. The Bertz CT molecular complexity index is 1180. The number of benzene rings is 2. The van der Waals surface area contributed by atoms with E-state index in [0.717, 1.165) is 32.2 Å². The fourth-order valence-corrected chi connectivity index (χ4v) is 3.67. The molecule has 0 saturated heterocycles. The first-order valence-electron chi connectivity index (χ1n) is 9.24. The summed E-state index contributed by atoms with van der Waals surface area (Å²) in [6, 6.07) is 18.2. The lowest BCUT2D eigenvalue weighted by molar-refractivity contribution is 0.336. The molecular weight excluding hydrogens is 430 g/mol. The Labute approximate surface area is 177 Å². The molecule has 1 aliphatic heterocycles. The summed E-state index contributed by atoms with van der Waals surface area (Å²) >= 11 is 3.48. The minimum atomic E-state index is -0.308. The van der Waals surface area contributed by atoms with E-state index in [2.05, 4.69) is 27.0 Å². The lowest BCUT2D eigenvalue weighted by Gasteiger charge is -2.27. The van der Waals surface area contributed by atoms with Crippen LogP contribution in [0.1, 0.15) is 29.7 Å². The Kier molecular flexibility index (Phi) is 5.32. The minimum absolute atomic E-state index is 0.233. The number of halogens is 1. The normalized spacial score (nSPS) is 15.9. The summed E-state index contributed by atoms with van der Waals surface area (Å²) < 4.78 is 12.4. The van der Waals surface area contributed by atoms with Crippen molar-refractivity contribution in [3.63, 3.8) is 0 Å². The van der Waals surface area contributed by atoms with Crippen molar-refractivity contribution < 1.29 is 9.47 Å². The van der Waals surface area contributed by atoms with E-state index >= 15 is 0 Å². The lowest BCUT2D eigenvalue weighted by atomic mass is 9.83. The standard InChI is InChI=1S/C23H18BrN3O2/c1-3-28-13-26-23-19(12-25)20(15-6-9-17(24)10-7-15)18-11-8-16-5-4-14(2)27-21(16)22(18)29-23/h4-11,13,20H,3H2,1-2H3/b26-13+. The number of allylic oxidation sites excluding steroid dienone is 1. The van der Waals surface area contributed by atoms with E-state index in [0.29, 0.717) is 17.9 Å². The number of pyridine rings is 1. The van der Waals surface area contributed by atoms with Crippen LogP contribution in [0.25, 0.3) is 10.9 Å². The van der Waals surface area contributed by atoms with E-state index in [1.807, 2.05) is 62.4 Å². The van der Waals surface area contributed by atoms with Crippen LogP contribution in [0.3, 0.4) is 0 Å². The van der Waals surface area contributed by atoms with Crippen molar-refractivity contribution in [3.05, 3.63) is 81.3 Å². The van der Waals surface area contributed by atoms with E-state index in [1.165, 1.54) is 6.40 Å². The molecule has 144 valence electrons. The summed E-state index contributed by atoms with van der Waals surface area (Å²) in [5.41, 5.74) is 3.95. The number of aliphatic imine (C=N–C) groups is 1. The second-order valence-corrected chi connectivity index (χ2v) is 7.53. The molecule has 2 aromatic carbocycles. The molecule has 0 N–H and O–H groups in total. The van der Waals surface area contributed by atoms with Crippen LogP contribution in [-0.4, -0.2) is 18.0 Å². The predicted octanol–water partition coefficient (Wildman–Crippen LogP) is 5.63. The zero-order chi connectivity index (χ0) is 20.4. The molecular formula is C23H18BrN3O2. The van der Waals surface area contributed by atoms with Gasteiger partial charge in [-0.25, -0.2) is 4.98 Å². The summed E-state index contributed by atoms with van der Waals surface area (Å²) in [5, 5.41) is 10.9. The molecule has 29 heavy (non-hydrogen) atoms. The maximum Gasteiger partial charge on any atom is 0.236 e. The fraction of sp³-hybridized carbons (Fsp3) is 0.174. The highest BCUT2D eigenvalue weighted by atomic mass is 79.9. The van der Waals surface area contributed by atoms with E-state index in [4.69, 9.17) is 14.5 Å². The molecule has 5 nitrogen and oxygen atoms in total. The first-order valence-corrected chi connectivity index (χ1v) is 10.0. The average Bonchev–Trinajstić information content (AvgIpc) is 2.73. The zero-order valence-corrected chi connectivity index (χ0v) is 17.6. The van der Waals surface area contributed by atoms with Crippen molar-refractivity contribution in [2.24, 2.45) is 4.99 Å². The Morgan fingerprint density at radius 1 is 1.21 bits per heavy atom. The second kappa shape index (κ2) is 8.06. The van der Waals surface area contributed by atoms with Gasteiger partial charge in [-0.05, 0) is 37.6 Å². The van der Waals surface area contributed by atoms with Gasteiger partial charge in [0.25, 0.3) is 0 Å². The molecule has 1 aliphatic rings. The van der Waals surface area contributed by atoms with Crippen molar-refractivity contribution >= 4 is 33.2 Å². The number of fused-ring (bicyclic) bond motifs is 3. The third-order valence-corrected chi connectivity index (χ3v) is 5.28. The van der Waals surface area contributed by atoms with E-state index < -0.39 is 0 Å². The Hall–Kier alpha value is -3.17. The second-order valence-electron chi connectivity index (χ2n) is 6.62. The first kappa shape index (κ1) is 19.2. The number of nitrogens with zero attached hydrogens (tertiary/aromatic N) is 3. The van der Waals surface area contributed by atoms with Crippen molar-refractivity contribution in [3.8, 4) is 11.8 Å². The highest BCUT2D eigenvalue weighted by Gasteiger charge is 2.33. The molecule has 3 aromatic rings. The number of hydrogen-bond acceptors (Lipinski definition) is 5. The van der Waals surface area contributed by atoms with E-state index in [9.17, 15) is 5.26 Å². The molecule has 1 aromatic heterocycles. The largest absolute Gasteiger partial charge is 0.483 e. The van der Waals surface area contributed by atoms with Crippen LogP contribution >= 0.6 is 15.9 Å². The maximum atomic E-state index is 9.96. The number of aromatic nitrogens is 1. The van der Waals surface area contributed by atoms with Gasteiger partial charge in [-0.1, -0.05) is 46.3 Å². The van der Waals surface area contributed by atoms with Crippen LogP contribution in [0.5, 0.6) is 5.75 Å². The number of rotatable bonds is 4. The highest BCUT2D eigenvalue weighted by Crippen LogP contribution is 2.46. The van der Waals surface area contributed by atoms with Crippen LogP contribution < -0.4 is 4.74 Å². The molecule has 0 aliphatic carbocycles. The van der Waals surface area contributed by atoms with Gasteiger partial charge in [0.05, 0.1) is 12.5 Å². The van der Waals surface area contributed by atoms with Crippen LogP contribution in [0.4, 0.5) is 0 Å². The Balaban J connectivity index is 1.98. The fourth-order valence-electron chi connectivity index (χ4n) is 3.41. The summed E-state index contributed by atoms with van der Waals surface area (Å²) in [6.45, 7) is 4.29. The molecule has 0 amide bonds. The third kappa shape index (κ3) is 3.62. The molecule has 2 heterocycles. The van der Waals surface area contributed by atoms with Gasteiger partial charge < -0.3 is 9.47 Å². The van der Waals surface area contributed by atoms with Crippen LogP contribution in [0, 0.1) is 18.3 Å².